The molecule has 1 saturated heterocycles. The first-order valence-electron chi connectivity index (χ1n) is 8.34. The maximum atomic E-state index is 6.24. The Bertz CT molecular complexity index is 281. The molecule has 0 spiro atoms. The summed E-state index contributed by atoms with van der Waals surface area (Å²) in [6, 6.07) is 0.684. The molecule has 3 atom stereocenters. The van der Waals surface area contributed by atoms with E-state index in [-0.39, 0.29) is 0 Å². The summed E-state index contributed by atoms with van der Waals surface area (Å²) in [4.78, 5) is 5.34. The molecule has 2 fully saturated rings. The first kappa shape index (κ1) is 15.3. The van der Waals surface area contributed by atoms with Crippen LogP contribution in [0.15, 0.2) is 0 Å². The van der Waals surface area contributed by atoms with Crippen LogP contribution in [0.25, 0.3) is 0 Å². The van der Waals surface area contributed by atoms with E-state index in [4.69, 9.17) is 5.73 Å². The number of piperazine rings is 1. The summed E-state index contributed by atoms with van der Waals surface area (Å²) in [5.41, 5.74) is 6.56. The second-order valence-corrected chi connectivity index (χ2v) is 6.72. The zero-order chi connectivity index (χ0) is 13.9. The molecule has 2 aliphatic rings. The molecule has 3 nitrogen and oxygen atoms in total. The molecule has 1 heterocycles. The molecule has 19 heavy (non-hydrogen) atoms. The van der Waals surface area contributed by atoms with E-state index in [2.05, 4.69) is 30.6 Å². The molecule has 3 heteroatoms. The van der Waals surface area contributed by atoms with Crippen molar-refractivity contribution in [2.45, 2.75) is 64.5 Å². The molecule has 1 aliphatic heterocycles. The van der Waals surface area contributed by atoms with Crippen LogP contribution in [-0.4, -0.2) is 54.1 Å². The zero-order valence-electron chi connectivity index (χ0n) is 13.2. The van der Waals surface area contributed by atoms with Crippen LogP contribution >= 0.6 is 0 Å². The normalized spacial score (nSPS) is 38.5. The average molecular weight is 267 g/mol. The maximum Gasteiger partial charge on any atom is 0.0335 e. The summed E-state index contributed by atoms with van der Waals surface area (Å²) in [5.74, 6) is 0.900. The van der Waals surface area contributed by atoms with Crippen molar-refractivity contribution in [3.05, 3.63) is 0 Å². The fourth-order valence-corrected chi connectivity index (χ4v) is 4.31. The second kappa shape index (κ2) is 6.55. The highest BCUT2D eigenvalue weighted by Gasteiger charge is 2.41. The van der Waals surface area contributed by atoms with Crippen molar-refractivity contribution in [3.63, 3.8) is 0 Å². The van der Waals surface area contributed by atoms with E-state index in [1.165, 1.54) is 58.3 Å². The highest BCUT2D eigenvalue weighted by atomic mass is 15.3. The predicted octanol–water partition coefficient (Wildman–Crippen LogP) is 2.31. The third-order valence-electron chi connectivity index (χ3n) is 5.72. The Morgan fingerprint density at radius 3 is 2.63 bits per heavy atom. The molecule has 0 aromatic rings. The lowest BCUT2D eigenvalue weighted by Crippen LogP contribution is -2.63. The van der Waals surface area contributed by atoms with Crippen LogP contribution < -0.4 is 5.73 Å². The van der Waals surface area contributed by atoms with Crippen molar-refractivity contribution in [1.29, 1.82) is 0 Å². The molecule has 0 radical (unpaired) electrons. The highest BCUT2D eigenvalue weighted by molar-refractivity contribution is 4.99. The molecule has 0 aromatic carbocycles. The summed E-state index contributed by atoms with van der Waals surface area (Å²) < 4.78 is 0. The van der Waals surface area contributed by atoms with Gasteiger partial charge in [0.2, 0.25) is 0 Å². The Morgan fingerprint density at radius 2 is 2.05 bits per heavy atom. The van der Waals surface area contributed by atoms with Crippen LogP contribution in [0.1, 0.15) is 52.9 Å². The van der Waals surface area contributed by atoms with Gasteiger partial charge in [0.05, 0.1) is 0 Å². The van der Waals surface area contributed by atoms with Crippen molar-refractivity contribution in [3.8, 4) is 0 Å². The van der Waals surface area contributed by atoms with Gasteiger partial charge >= 0.3 is 0 Å². The van der Waals surface area contributed by atoms with Crippen LogP contribution in [-0.2, 0) is 0 Å². The van der Waals surface area contributed by atoms with Gasteiger partial charge in [0, 0.05) is 37.8 Å². The quantitative estimate of drug-likeness (QED) is 0.848. The molecule has 2 N–H and O–H groups in total. The molecular weight excluding hydrogens is 234 g/mol. The summed E-state index contributed by atoms with van der Waals surface area (Å²) >= 11 is 0. The fraction of sp³-hybridized carbons (Fsp3) is 1.00. The smallest absolute Gasteiger partial charge is 0.0335 e. The third-order valence-corrected chi connectivity index (χ3v) is 5.72. The Balaban J connectivity index is 2.05. The number of hydrogen-bond donors (Lipinski definition) is 1. The Hall–Kier alpha value is -0.120. The van der Waals surface area contributed by atoms with Gasteiger partial charge in [-0.15, -0.1) is 0 Å². The number of nitrogens with zero attached hydrogens (tertiary/aromatic N) is 2. The van der Waals surface area contributed by atoms with Gasteiger partial charge < -0.3 is 5.73 Å². The molecule has 2 rings (SSSR count). The molecule has 0 bridgehead atoms. The topological polar surface area (TPSA) is 32.5 Å². The van der Waals surface area contributed by atoms with E-state index in [0.717, 1.165) is 12.5 Å². The van der Waals surface area contributed by atoms with Gasteiger partial charge in [-0.1, -0.05) is 33.1 Å². The van der Waals surface area contributed by atoms with E-state index in [1.807, 2.05) is 0 Å². The molecular formula is C16H33N3. The van der Waals surface area contributed by atoms with Crippen LogP contribution in [0.2, 0.25) is 0 Å². The lowest BCUT2D eigenvalue weighted by Gasteiger charge is -2.52. The highest BCUT2D eigenvalue weighted by Crippen LogP contribution is 2.38. The Labute approximate surface area is 119 Å². The summed E-state index contributed by atoms with van der Waals surface area (Å²) in [7, 11) is 0. The average Bonchev–Trinajstić information content (AvgIpc) is 2.47. The van der Waals surface area contributed by atoms with Crippen LogP contribution in [0.4, 0.5) is 0 Å². The number of rotatable bonds is 4. The van der Waals surface area contributed by atoms with Gasteiger partial charge in [0.25, 0.3) is 0 Å². The third kappa shape index (κ3) is 3.14. The van der Waals surface area contributed by atoms with E-state index < -0.39 is 0 Å². The lowest BCUT2D eigenvalue weighted by molar-refractivity contribution is -0.0205. The number of likely N-dealkylation sites (N-methyl/N-ethyl adjacent to an activating group) is 1. The fourth-order valence-electron chi connectivity index (χ4n) is 4.31. The SMILES string of the molecule is CCC1CCCC(CN)(N2CCN(CC)C(C)C2)C1. The van der Waals surface area contributed by atoms with Gasteiger partial charge in [0.15, 0.2) is 0 Å². The van der Waals surface area contributed by atoms with Crippen LogP contribution in [0.3, 0.4) is 0 Å². The molecule has 0 aromatic heterocycles. The molecule has 1 saturated carbocycles. The van der Waals surface area contributed by atoms with Crippen LogP contribution in [0.5, 0.6) is 0 Å². The summed E-state index contributed by atoms with van der Waals surface area (Å²) in [6.07, 6.45) is 6.77. The minimum atomic E-state index is 0.313. The van der Waals surface area contributed by atoms with E-state index in [0.29, 0.717) is 11.6 Å². The zero-order valence-corrected chi connectivity index (χ0v) is 13.2. The van der Waals surface area contributed by atoms with Crippen LogP contribution in [0, 0.1) is 5.92 Å². The Kier molecular flexibility index (Phi) is 5.27. The predicted molar refractivity (Wildman–Crippen MR) is 82.3 cm³/mol. The minimum Gasteiger partial charge on any atom is -0.329 e. The Morgan fingerprint density at radius 1 is 1.26 bits per heavy atom. The lowest BCUT2D eigenvalue weighted by atomic mass is 9.73. The van der Waals surface area contributed by atoms with Crippen molar-refractivity contribution < 1.29 is 0 Å². The monoisotopic (exact) mass is 267 g/mol. The standard InChI is InChI=1S/C16H33N3/c1-4-15-7-6-8-16(11-15,13-17)19-10-9-18(5-2)14(3)12-19/h14-15H,4-13,17H2,1-3H3. The van der Waals surface area contributed by atoms with E-state index in [1.54, 1.807) is 0 Å². The van der Waals surface area contributed by atoms with Gasteiger partial charge in [-0.05, 0) is 32.2 Å². The van der Waals surface area contributed by atoms with Gasteiger partial charge in [-0.2, -0.15) is 0 Å². The molecule has 3 unspecified atom stereocenters. The van der Waals surface area contributed by atoms with Crippen molar-refractivity contribution in [2.75, 3.05) is 32.7 Å². The second-order valence-electron chi connectivity index (χ2n) is 6.72. The maximum absolute atomic E-state index is 6.24. The first-order valence-corrected chi connectivity index (χ1v) is 8.34. The van der Waals surface area contributed by atoms with E-state index >= 15 is 0 Å². The molecule has 1 aliphatic carbocycles. The summed E-state index contributed by atoms with van der Waals surface area (Å²) in [5, 5.41) is 0. The van der Waals surface area contributed by atoms with Gasteiger partial charge in [0.1, 0.15) is 0 Å². The minimum absolute atomic E-state index is 0.313. The number of nitrogens with two attached hydrogens (primary N) is 1. The van der Waals surface area contributed by atoms with Crippen molar-refractivity contribution >= 4 is 0 Å². The molecule has 0 amide bonds. The summed E-state index contributed by atoms with van der Waals surface area (Å²) in [6.45, 7) is 12.7. The van der Waals surface area contributed by atoms with Gasteiger partial charge in [-0.25, -0.2) is 0 Å². The van der Waals surface area contributed by atoms with Crippen molar-refractivity contribution in [1.82, 2.24) is 9.80 Å². The van der Waals surface area contributed by atoms with E-state index in [9.17, 15) is 0 Å². The molecule has 112 valence electrons. The van der Waals surface area contributed by atoms with Crippen molar-refractivity contribution in [2.24, 2.45) is 11.7 Å². The first-order chi connectivity index (χ1) is 9.15. The number of hydrogen-bond acceptors (Lipinski definition) is 3. The van der Waals surface area contributed by atoms with Gasteiger partial charge in [-0.3, -0.25) is 9.80 Å². The largest absolute Gasteiger partial charge is 0.329 e.